The lowest BCUT2D eigenvalue weighted by molar-refractivity contribution is -0.127. The maximum atomic E-state index is 13.3. The summed E-state index contributed by atoms with van der Waals surface area (Å²) in [6.45, 7) is 0.288. The van der Waals surface area contributed by atoms with Crippen molar-refractivity contribution in [1.82, 2.24) is 10.2 Å². The van der Waals surface area contributed by atoms with Crippen LogP contribution in [0.2, 0.25) is 5.02 Å². The van der Waals surface area contributed by atoms with Crippen molar-refractivity contribution in [3.05, 3.63) is 29.0 Å². The minimum absolute atomic E-state index is 0.0576. The summed E-state index contributed by atoms with van der Waals surface area (Å²) in [5.74, 6) is -1.29. The average molecular weight is 370 g/mol. The number of carbonyl (C=O) groups excluding carboxylic acids is 3. The van der Waals surface area contributed by atoms with Crippen molar-refractivity contribution in [1.29, 1.82) is 0 Å². The lowest BCUT2D eigenvalue weighted by Crippen LogP contribution is -2.50. The highest BCUT2D eigenvalue weighted by Gasteiger charge is 2.48. The minimum Gasteiger partial charge on any atom is -0.375 e. The number of imide groups is 1. The molecule has 7 nitrogen and oxygen atoms in total. The van der Waals surface area contributed by atoms with E-state index in [2.05, 4.69) is 5.32 Å². The molecule has 2 saturated heterocycles. The van der Waals surface area contributed by atoms with Crippen LogP contribution in [0.1, 0.15) is 12.8 Å². The Morgan fingerprint density at radius 3 is 2.88 bits per heavy atom. The van der Waals surface area contributed by atoms with E-state index in [1.165, 1.54) is 24.1 Å². The van der Waals surface area contributed by atoms with Gasteiger partial charge in [0.15, 0.2) is 0 Å². The van der Waals surface area contributed by atoms with Crippen LogP contribution in [0, 0.1) is 5.82 Å². The molecule has 2 heterocycles. The molecule has 0 aromatic heterocycles. The molecule has 0 spiro atoms. The van der Waals surface area contributed by atoms with E-state index < -0.39 is 23.8 Å². The first-order chi connectivity index (χ1) is 11.9. The number of fused-ring (bicyclic) bond motifs is 1. The van der Waals surface area contributed by atoms with E-state index in [-0.39, 0.29) is 29.3 Å². The van der Waals surface area contributed by atoms with Crippen molar-refractivity contribution in [2.45, 2.75) is 24.9 Å². The van der Waals surface area contributed by atoms with Crippen LogP contribution >= 0.6 is 11.6 Å². The monoisotopic (exact) mass is 369 g/mol. The van der Waals surface area contributed by atoms with Gasteiger partial charge in [0, 0.05) is 19.7 Å². The number of halogens is 2. The van der Waals surface area contributed by atoms with Crippen LogP contribution in [0.4, 0.5) is 14.9 Å². The number of nitrogens with zero attached hydrogens (tertiary/aromatic N) is 2. The Hall–Kier alpha value is -2.19. The maximum absolute atomic E-state index is 13.3. The number of nitrogens with one attached hydrogen (secondary N) is 1. The zero-order valence-electron chi connectivity index (χ0n) is 13.5. The number of hydrogen-bond donors (Lipinski definition) is 1. The number of methoxy groups -OCH3 is 1. The fourth-order valence-corrected chi connectivity index (χ4v) is 3.37. The summed E-state index contributed by atoms with van der Waals surface area (Å²) in [4.78, 5) is 39.4. The molecule has 2 fully saturated rings. The maximum Gasteiger partial charge on any atom is 0.332 e. The van der Waals surface area contributed by atoms with Crippen LogP contribution < -0.4 is 10.2 Å². The van der Waals surface area contributed by atoms with Gasteiger partial charge in [-0.3, -0.25) is 9.59 Å². The molecular weight excluding hydrogens is 353 g/mol. The standard InChI is InChI=1S/C16H17ClFN3O4/c1-25-8-14(22)19-9-4-5-20-13(6-9)15(23)21(16(20)24)10-2-3-12(18)11(17)7-10/h2-3,7,9,13H,4-6,8H2,1H3,(H,19,22)/t9-,13+/m1/s1. The van der Waals surface area contributed by atoms with Crippen molar-refractivity contribution < 1.29 is 23.5 Å². The Kier molecular flexibility index (Phi) is 4.91. The van der Waals surface area contributed by atoms with Crippen molar-refractivity contribution in [2.75, 3.05) is 25.2 Å². The summed E-state index contributed by atoms with van der Waals surface area (Å²) in [6, 6.07) is 2.38. The summed E-state index contributed by atoms with van der Waals surface area (Å²) >= 11 is 5.75. The van der Waals surface area contributed by atoms with Gasteiger partial charge in [0.1, 0.15) is 18.5 Å². The van der Waals surface area contributed by atoms with Gasteiger partial charge in [-0.1, -0.05) is 11.6 Å². The second-order valence-corrected chi connectivity index (χ2v) is 6.39. The highest BCUT2D eigenvalue weighted by atomic mass is 35.5. The normalized spacial score (nSPS) is 23.0. The van der Waals surface area contributed by atoms with Crippen molar-refractivity contribution in [3.63, 3.8) is 0 Å². The zero-order chi connectivity index (χ0) is 18.1. The van der Waals surface area contributed by atoms with E-state index in [0.29, 0.717) is 19.4 Å². The molecule has 9 heteroatoms. The number of benzene rings is 1. The fourth-order valence-electron chi connectivity index (χ4n) is 3.19. The second kappa shape index (κ2) is 6.97. The van der Waals surface area contributed by atoms with E-state index in [1.807, 2.05) is 0 Å². The van der Waals surface area contributed by atoms with Gasteiger partial charge in [-0.15, -0.1) is 0 Å². The number of hydrogen-bond acceptors (Lipinski definition) is 4. The number of amides is 4. The highest BCUT2D eigenvalue weighted by Crippen LogP contribution is 2.32. The van der Waals surface area contributed by atoms with Gasteiger partial charge in [-0.25, -0.2) is 14.1 Å². The summed E-state index contributed by atoms with van der Waals surface area (Å²) in [5.41, 5.74) is 0.232. The molecule has 0 unspecified atom stereocenters. The molecule has 134 valence electrons. The largest absolute Gasteiger partial charge is 0.375 e. The molecule has 0 saturated carbocycles. The van der Waals surface area contributed by atoms with Gasteiger partial charge in [-0.2, -0.15) is 0 Å². The predicted molar refractivity (Wildman–Crippen MR) is 87.8 cm³/mol. The van der Waals surface area contributed by atoms with Crippen molar-refractivity contribution in [3.8, 4) is 0 Å². The summed E-state index contributed by atoms with van der Waals surface area (Å²) in [6.07, 6.45) is 0.869. The number of ether oxygens (including phenoxy) is 1. The third-order valence-electron chi connectivity index (χ3n) is 4.35. The Labute approximate surface area is 148 Å². The SMILES string of the molecule is COCC(=O)N[C@@H]1CCN2C(=O)N(c3ccc(F)c(Cl)c3)C(=O)[C@@H]2C1. The molecule has 0 radical (unpaired) electrons. The molecule has 2 aliphatic heterocycles. The average Bonchev–Trinajstić information content (AvgIpc) is 2.81. The minimum atomic E-state index is -0.655. The number of rotatable bonds is 4. The quantitative estimate of drug-likeness (QED) is 0.816. The topological polar surface area (TPSA) is 79.0 Å². The molecule has 2 atom stereocenters. The van der Waals surface area contributed by atoms with Crippen LogP contribution in [0.5, 0.6) is 0 Å². The molecule has 1 aromatic carbocycles. The smallest absolute Gasteiger partial charge is 0.332 e. The molecule has 1 aromatic rings. The number of urea groups is 1. The summed E-state index contributed by atoms with van der Waals surface area (Å²) < 4.78 is 18.1. The van der Waals surface area contributed by atoms with Crippen molar-refractivity contribution in [2.24, 2.45) is 0 Å². The van der Waals surface area contributed by atoms with Gasteiger partial charge in [0.05, 0.1) is 10.7 Å². The van der Waals surface area contributed by atoms with Crippen LogP contribution in [0.15, 0.2) is 18.2 Å². The highest BCUT2D eigenvalue weighted by molar-refractivity contribution is 6.31. The molecule has 4 amide bonds. The predicted octanol–water partition coefficient (Wildman–Crippen LogP) is 1.54. The van der Waals surface area contributed by atoms with Crippen LogP contribution in [0.3, 0.4) is 0 Å². The Morgan fingerprint density at radius 2 is 2.20 bits per heavy atom. The Balaban J connectivity index is 1.76. The molecule has 0 bridgehead atoms. The van der Waals surface area contributed by atoms with E-state index in [9.17, 15) is 18.8 Å². The number of carbonyl (C=O) groups is 3. The summed E-state index contributed by atoms with van der Waals surface area (Å²) in [7, 11) is 1.42. The number of piperidine rings is 1. The first kappa shape index (κ1) is 17.6. The van der Waals surface area contributed by atoms with Gasteiger partial charge in [0.2, 0.25) is 5.91 Å². The lowest BCUT2D eigenvalue weighted by Gasteiger charge is -2.32. The lowest BCUT2D eigenvalue weighted by atomic mass is 9.98. The third kappa shape index (κ3) is 3.32. The van der Waals surface area contributed by atoms with Crippen LogP contribution in [-0.4, -0.2) is 55.1 Å². The fraction of sp³-hybridized carbons (Fsp3) is 0.438. The van der Waals surface area contributed by atoms with E-state index >= 15 is 0 Å². The Bertz CT molecular complexity index is 729. The molecular formula is C16H17ClFN3O4. The molecule has 0 aliphatic carbocycles. The summed E-state index contributed by atoms with van der Waals surface area (Å²) in [5, 5.41) is 2.64. The molecule has 1 N–H and O–H groups in total. The first-order valence-corrected chi connectivity index (χ1v) is 8.18. The van der Waals surface area contributed by atoms with E-state index in [4.69, 9.17) is 16.3 Å². The van der Waals surface area contributed by atoms with Gasteiger partial charge in [-0.05, 0) is 31.0 Å². The van der Waals surface area contributed by atoms with Gasteiger partial charge < -0.3 is 15.0 Å². The molecule has 2 aliphatic rings. The zero-order valence-corrected chi connectivity index (χ0v) is 14.3. The van der Waals surface area contributed by atoms with E-state index in [0.717, 1.165) is 11.0 Å². The van der Waals surface area contributed by atoms with Gasteiger partial charge >= 0.3 is 6.03 Å². The van der Waals surface area contributed by atoms with Crippen molar-refractivity contribution >= 4 is 35.1 Å². The first-order valence-electron chi connectivity index (χ1n) is 7.80. The third-order valence-corrected chi connectivity index (χ3v) is 4.64. The molecule has 25 heavy (non-hydrogen) atoms. The van der Waals surface area contributed by atoms with Crippen LogP contribution in [-0.2, 0) is 14.3 Å². The molecule has 3 rings (SSSR count). The van der Waals surface area contributed by atoms with Crippen LogP contribution in [0.25, 0.3) is 0 Å². The Morgan fingerprint density at radius 1 is 1.44 bits per heavy atom. The number of anilines is 1. The second-order valence-electron chi connectivity index (χ2n) is 5.99. The van der Waals surface area contributed by atoms with E-state index in [1.54, 1.807) is 0 Å². The van der Waals surface area contributed by atoms with Gasteiger partial charge in [0.25, 0.3) is 5.91 Å².